The number of hydrogen-bond donors (Lipinski definition) is 2. The van der Waals surface area contributed by atoms with Crippen LogP contribution in [0.5, 0.6) is 5.75 Å². The van der Waals surface area contributed by atoms with Crippen LogP contribution in [0.4, 0.5) is 11.6 Å². The van der Waals surface area contributed by atoms with Gasteiger partial charge in [-0.2, -0.15) is 4.98 Å². The minimum atomic E-state index is -0.499. The number of carbonyl (C=O) groups is 1. The van der Waals surface area contributed by atoms with Crippen molar-refractivity contribution in [3.63, 3.8) is 0 Å². The van der Waals surface area contributed by atoms with Crippen molar-refractivity contribution in [2.24, 2.45) is 0 Å². The minimum Gasteiger partial charge on any atom is -0.495 e. The summed E-state index contributed by atoms with van der Waals surface area (Å²) in [5, 5.41) is 12.3. The number of carbonyl (C=O) groups excluding carboxylic acids is 1. The van der Waals surface area contributed by atoms with Crippen LogP contribution in [0.3, 0.4) is 0 Å². The van der Waals surface area contributed by atoms with E-state index in [1.54, 1.807) is 36.3 Å². The molecule has 0 fully saturated rings. The van der Waals surface area contributed by atoms with Crippen molar-refractivity contribution in [3.8, 4) is 5.75 Å². The third-order valence-electron chi connectivity index (χ3n) is 5.77. The van der Waals surface area contributed by atoms with Gasteiger partial charge in [-0.25, -0.2) is 4.68 Å². The van der Waals surface area contributed by atoms with Crippen molar-refractivity contribution in [1.82, 2.24) is 19.7 Å². The van der Waals surface area contributed by atoms with Gasteiger partial charge in [-0.05, 0) is 48.4 Å². The zero-order valence-electron chi connectivity index (χ0n) is 19.6. The van der Waals surface area contributed by atoms with Gasteiger partial charge in [-0.3, -0.25) is 9.78 Å². The fourth-order valence-corrected chi connectivity index (χ4v) is 5.15. The Balaban J connectivity index is 1.48. The van der Waals surface area contributed by atoms with Crippen molar-refractivity contribution in [2.45, 2.75) is 23.9 Å². The molecule has 3 heterocycles. The normalized spacial score (nSPS) is 14.7. The van der Waals surface area contributed by atoms with Crippen LogP contribution in [-0.2, 0) is 10.5 Å². The van der Waals surface area contributed by atoms with Gasteiger partial charge in [-0.15, -0.1) is 5.10 Å². The van der Waals surface area contributed by atoms with E-state index in [4.69, 9.17) is 21.4 Å². The molecule has 1 atom stereocenters. The Kier molecular flexibility index (Phi) is 6.92. The van der Waals surface area contributed by atoms with Gasteiger partial charge in [0, 0.05) is 28.9 Å². The number of amides is 1. The molecule has 0 saturated carbocycles. The van der Waals surface area contributed by atoms with Crippen LogP contribution in [-0.4, -0.2) is 32.8 Å². The van der Waals surface area contributed by atoms with E-state index in [1.807, 2.05) is 55.5 Å². The van der Waals surface area contributed by atoms with Crippen molar-refractivity contribution in [1.29, 1.82) is 0 Å². The Labute approximate surface area is 217 Å². The molecule has 2 N–H and O–H groups in total. The first-order chi connectivity index (χ1) is 17.5. The highest BCUT2D eigenvalue weighted by Gasteiger charge is 2.34. The lowest BCUT2D eigenvalue weighted by Gasteiger charge is -2.28. The molecule has 1 aliphatic rings. The fraction of sp³-hybridized carbons (Fsp3) is 0.154. The Bertz CT molecular complexity index is 1440. The molecule has 2 aromatic heterocycles. The standard InChI is InChI=1S/C26H23ClN6O2S/c1-16-22(24(34)30-20-9-5-6-10-21(20)35-2)23(17-11-13-28-14-12-17)33-25(29-16)31-26(32-33)36-15-18-7-3-4-8-19(18)27/h3-14,23H,15H2,1-2H3,(H,30,34)(H,29,31,32)/t23-/m0/s1. The molecule has 5 rings (SSSR count). The van der Waals surface area contributed by atoms with Gasteiger partial charge in [-0.1, -0.05) is 53.7 Å². The summed E-state index contributed by atoms with van der Waals surface area (Å²) < 4.78 is 7.15. The molecule has 4 aromatic rings. The number of nitrogens with one attached hydrogen (secondary N) is 2. The summed E-state index contributed by atoms with van der Waals surface area (Å²) in [5.74, 6) is 1.49. The third kappa shape index (κ3) is 4.80. The zero-order valence-corrected chi connectivity index (χ0v) is 21.2. The molecule has 182 valence electrons. The molecule has 10 heteroatoms. The largest absolute Gasteiger partial charge is 0.495 e. The Hall–Kier alpha value is -3.82. The lowest BCUT2D eigenvalue weighted by atomic mass is 9.96. The quantitative estimate of drug-likeness (QED) is 0.309. The number of para-hydroxylation sites is 2. The second-order valence-electron chi connectivity index (χ2n) is 8.04. The Morgan fingerprint density at radius 1 is 1.14 bits per heavy atom. The molecule has 0 spiro atoms. The molecule has 2 aromatic carbocycles. The number of benzene rings is 2. The molecule has 0 aliphatic carbocycles. The summed E-state index contributed by atoms with van der Waals surface area (Å²) >= 11 is 7.80. The van der Waals surface area contributed by atoms with E-state index in [1.165, 1.54) is 11.8 Å². The molecule has 36 heavy (non-hydrogen) atoms. The maximum atomic E-state index is 13.6. The Morgan fingerprint density at radius 2 is 1.89 bits per heavy atom. The second kappa shape index (κ2) is 10.4. The van der Waals surface area contributed by atoms with Gasteiger partial charge < -0.3 is 15.4 Å². The number of rotatable bonds is 7. The highest BCUT2D eigenvalue weighted by Crippen LogP contribution is 2.37. The number of anilines is 2. The van der Waals surface area contributed by atoms with Crippen LogP contribution in [0.15, 0.2) is 89.5 Å². The first-order valence-corrected chi connectivity index (χ1v) is 12.6. The van der Waals surface area contributed by atoms with Gasteiger partial charge in [0.1, 0.15) is 11.8 Å². The van der Waals surface area contributed by atoms with Crippen LogP contribution in [0.2, 0.25) is 5.02 Å². The minimum absolute atomic E-state index is 0.266. The maximum absolute atomic E-state index is 13.6. The van der Waals surface area contributed by atoms with Gasteiger partial charge in [0.15, 0.2) is 0 Å². The average Bonchev–Trinajstić information content (AvgIpc) is 3.30. The molecule has 0 saturated heterocycles. The van der Waals surface area contributed by atoms with Crippen LogP contribution >= 0.6 is 23.4 Å². The van der Waals surface area contributed by atoms with Gasteiger partial charge in [0.2, 0.25) is 11.1 Å². The summed E-state index contributed by atoms with van der Waals surface area (Å²) in [6, 6.07) is 18.3. The maximum Gasteiger partial charge on any atom is 0.255 e. The van der Waals surface area contributed by atoms with E-state index in [-0.39, 0.29) is 5.91 Å². The average molecular weight is 519 g/mol. The highest BCUT2D eigenvalue weighted by molar-refractivity contribution is 7.98. The first-order valence-electron chi connectivity index (χ1n) is 11.2. The monoisotopic (exact) mass is 518 g/mol. The van der Waals surface area contributed by atoms with Crippen LogP contribution < -0.4 is 15.4 Å². The topological polar surface area (TPSA) is 94.0 Å². The number of pyridine rings is 1. The van der Waals surface area contributed by atoms with Crippen molar-refractivity contribution >= 4 is 40.9 Å². The van der Waals surface area contributed by atoms with E-state index in [9.17, 15) is 4.79 Å². The first kappa shape index (κ1) is 23.9. The highest BCUT2D eigenvalue weighted by atomic mass is 35.5. The zero-order chi connectivity index (χ0) is 25.1. The number of nitrogens with zero attached hydrogens (tertiary/aromatic N) is 4. The lowest BCUT2D eigenvalue weighted by molar-refractivity contribution is -0.113. The van der Waals surface area contributed by atoms with Crippen molar-refractivity contribution < 1.29 is 9.53 Å². The number of halogens is 1. The van der Waals surface area contributed by atoms with Crippen molar-refractivity contribution in [3.05, 3.63) is 100 Å². The molecule has 1 amide bonds. The van der Waals surface area contributed by atoms with E-state index in [0.29, 0.717) is 44.6 Å². The Morgan fingerprint density at radius 3 is 2.67 bits per heavy atom. The predicted octanol–water partition coefficient (Wildman–Crippen LogP) is 5.56. The summed E-state index contributed by atoms with van der Waals surface area (Å²) in [4.78, 5) is 22.5. The van der Waals surface area contributed by atoms with Gasteiger partial charge in [0.05, 0.1) is 18.4 Å². The lowest BCUT2D eigenvalue weighted by Crippen LogP contribution is -2.31. The smallest absolute Gasteiger partial charge is 0.255 e. The number of fused-ring (bicyclic) bond motifs is 1. The summed E-state index contributed by atoms with van der Waals surface area (Å²) in [7, 11) is 1.57. The summed E-state index contributed by atoms with van der Waals surface area (Å²) in [5.41, 5.74) is 3.66. The van der Waals surface area contributed by atoms with Crippen LogP contribution in [0, 0.1) is 0 Å². The van der Waals surface area contributed by atoms with E-state index in [0.717, 1.165) is 11.1 Å². The molecule has 0 radical (unpaired) electrons. The number of hydrogen-bond acceptors (Lipinski definition) is 7. The fourth-order valence-electron chi connectivity index (χ4n) is 4.04. The molecular weight excluding hydrogens is 496 g/mol. The molecular formula is C26H23ClN6O2S. The number of methoxy groups -OCH3 is 1. The molecule has 0 unspecified atom stereocenters. The van der Waals surface area contributed by atoms with E-state index < -0.39 is 6.04 Å². The third-order valence-corrected chi connectivity index (χ3v) is 7.02. The van der Waals surface area contributed by atoms with E-state index in [2.05, 4.69) is 20.6 Å². The summed E-state index contributed by atoms with van der Waals surface area (Å²) in [6.45, 7) is 1.86. The number of aromatic nitrogens is 4. The second-order valence-corrected chi connectivity index (χ2v) is 9.39. The number of ether oxygens (including phenoxy) is 1. The van der Waals surface area contributed by atoms with Crippen molar-refractivity contribution in [2.75, 3.05) is 17.7 Å². The van der Waals surface area contributed by atoms with Crippen LogP contribution in [0.1, 0.15) is 24.1 Å². The molecule has 1 aliphatic heterocycles. The van der Waals surface area contributed by atoms with E-state index >= 15 is 0 Å². The number of allylic oxidation sites excluding steroid dienone is 1. The summed E-state index contributed by atoms with van der Waals surface area (Å²) in [6.07, 6.45) is 3.40. The molecule has 8 nitrogen and oxygen atoms in total. The predicted molar refractivity (Wildman–Crippen MR) is 141 cm³/mol. The van der Waals surface area contributed by atoms with Gasteiger partial charge >= 0.3 is 0 Å². The van der Waals surface area contributed by atoms with Crippen LogP contribution in [0.25, 0.3) is 0 Å². The number of thioether (sulfide) groups is 1. The van der Waals surface area contributed by atoms with Gasteiger partial charge in [0.25, 0.3) is 5.91 Å². The molecule has 0 bridgehead atoms. The SMILES string of the molecule is COc1ccccc1NC(=O)C1=C(C)Nc2nc(SCc3ccccc3Cl)nn2[C@H]1c1ccncc1.